The fourth-order valence-corrected chi connectivity index (χ4v) is 4.40. The number of benzene rings is 1. The summed E-state index contributed by atoms with van der Waals surface area (Å²) in [6, 6.07) is 8.40. The van der Waals surface area contributed by atoms with Gasteiger partial charge in [-0.05, 0) is 57.7 Å². The van der Waals surface area contributed by atoms with E-state index in [4.69, 9.17) is 0 Å². The zero-order valence-electron chi connectivity index (χ0n) is 16.8. The predicted octanol–water partition coefficient (Wildman–Crippen LogP) is 3.48. The number of rotatable bonds is 6. The molecule has 0 aliphatic carbocycles. The minimum absolute atomic E-state index is 0.0741. The molecule has 146 valence electrons. The summed E-state index contributed by atoms with van der Waals surface area (Å²) in [5, 5.41) is 3.04. The third-order valence-electron chi connectivity index (χ3n) is 6.00. The average molecular weight is 370 g/mol. The minimum atomic E-state index is -0.748. The van der Waals surface area contributed by atoms with Crippen LogP contribution in [0.5, 0.6) is 0 Å². The van der Waals surface area contributed by atoms with Gasteiger partial charge in [-0.25, -0.2) is 4.79 Å². The Balaban J connectivity index is 1.65. The summed E-state index contributed by atoms with van der Waals surface area (Å²) in [5.41, 5.74) is 2.67. The van der Waals surface area contributed by atoms with Gasteiger partial charge >= 0.3 is 6.03 Å². The zero-order valence-corrected chi connectivity index (χ0v) is 16.8. The predicted molar refractivity (Wildman–Crippen MR) is 107 cm³/mol. The van der Waals surface area contributed by atoms with Gasteiger partial charge in [-0.15, -0.1) is 0 Å². The normalized spacial score (nSPS) is 24.3. The van der Waals surface area contributed by atoms with Crippen LogP contribution in [0.15, 0.2) is 36.4 Å². The van der Waals surface area contributed by atoms with Gasteiger partial charge in [-0.2, -0.15) is 0 Å². The lowest BCUT2D eigenvalue weighted by atomic mass is 9.75. The second-order valence-corrected chi connectivity index (χ2v) is 8.14. The van der Waals surface area contributed by atoms with E-state index in [0.717, 1.165) is 38.0 Å². The first kappa shape index (κ1) is 19.6. The van der Waals surface area contributed by atoms with Crippen molar-refractivity contribution >= 4 is 11.9 Å². The number of nitrogens with zero attached hydrogens (tertiary/aromatic N) is 2. The van der Waals surface area contributed by atoms with E-state index in [9.17, 15) is 9.59 Å². The van der Waals surface area contributed by atoms with Gasteiger partial charge in [0.2, 0.25) is 0 Å². The van der Waals surface area contributed by atoms with Crippen LogP contribution in [0.2, 0.25) is 0 Å². The number of hydrogen-bond donors (Lipinski definition) is 1. The van der Waals surface area contributed by atoms with Gasteiger partial charge in [0.15, 0.2) is 0 Å². The van der Waals surface area contributed by atoms with Crippen LogP contribution in [0.25, 0.3) is 0 Å². The van der Waals surface area contributed by atoms with Crippen molar-refractivity contribution in [3.05, 3.63) is 47.5 Å². The maximum absolute atomic E-state index is 13.1. The number of carbonyl (C=O) groups is 2. The Kier molecular flexibility index (Phi) is 5.70. The number of amides is 3. The lowest BCUT2D eigenvalue weighted by Crippen LogP contribution is -2.55. The summed E-state index contributed by atoms with van der Waals surface area (Å²) in [6.45, 7) is 12.9. The fourth-order valence-electron chi connectivity index (χ4n) is 4.40. The second-order valence-electron chi connectivity index (χ2n) is 8.14. The Bertz CT molecular complexity index is 720. The maximum atomic E-state index is 13.1. The summed E-state index contributed by atoms with van der Waals surface area (Å²) in [6.07, 6.45) is 2.48. The van der Waals surface area contributed by atoms with Gasteiger partial charge in [0.25, 0.3) is 5.91 Å². The molecule has 2 aliphatic rings. The molecule has 2 heterocycles. The molecule has 3 rings (SSSR count). The number of likely N-dealkylation sites (tertiary alicyclic amines) is 1. The van der Waals surface area contributed by atoms with Gasteiger partial charge in [-0.1, -0.05) is 48.9 Å². The van der Waals surface area contributed by atoms with Crippen LogP contribution in [0.3, 0.4) is 0 Å². The molecule has 1 aromatic rings. The first-order valence-corrected chi connectivity index (χ1v) is 9.92. The summed E-state index contributed by atoms with van der Waals surface area (Å²) in [4.78, 5) is 29.3. The molecule has 5 nitrogen and oxygen atoms in total. The molecule has 3 amide bonds. The van der Waals surface area contributed by atoms with E-state index < -0.39 is 5.54 Å². The van der Waals surface area contributed by atoms with Crippen molar-refractivity contribution in [2.24, 2.45) is 5.92 Å². The van der Waals surface area contributed by atoms with Crippen LogP contribution in [0.1, 0.15) is 44.2 Å². The van der Waals surface area contributed by atoms with Crippen molar-refractivity contribution in [3.63, 3.8) is 0 Å². The molecule has 0 saturated carbocycles. The van der Waals surface area contributed by atoms with Crippen LogP contribution in [-0.4, -0.2) is 46.9 Å². The summed E-state index contributed by atoms with van der Waals surface area (Å²) in [7, 11) is 0. The number of carbonyl (C=O) groups excluding carboxylic acids is 2. The Morgan fingerprint density at radius 1 is 1.22 bits per heavy atom. The minimum Gasteiger partial charge on any atom is -0.323 e. The number of urea groups is 1. The molecule has 1 aromatic carbocycles. The van der Waals surface area contributed by atoms with Crippen molar-refractivity contribution < 1.29 is 9.59 Å². The van der Waals surface area contributed by atoms with Crippen molar-refractivity contribution in [2.75, 3.05) is 19.6 Å². The van der Waals surface area contributed by atoms with Crippen LogP contribution >= 0.6 is 0 Å². The lowest BCUT2D eigenvalue weighted by Gasteiger charge is -2.40. The zero-order chi connectivity index (χ0) is 19.6. The van der Waals surface area contributed by atoms with E-state index >= 15 is 0 Å². The molecule has 2 fully saturated rings. The van der Waals surface area contributed by atoms with Gasteiger partial charge in [0.1, 0.15) is 5.54 Å². The number of hydrogen-bond acceptors (Lipinski definition) is 3. The Hall–Kier alpha value is -2.14. The van der Waals surface area contributed by atoms with Crippen molar-refractivity contribution in [1.82, 2.24) is 15.1 Å². The maximum Gasteiger partial charge on any atom is 0.325 e. The average Bonchev–Trinajstić information content (AvgIpc) is 2.89. The monoisotopic (exact) mass is 369 g/mol. The molecule has 0 spiro atoms. The van der Waals surface area contributed by atoms with E-state index in [-0.39, 0.29) is 17.9 Å². The van der Waals surface area contributed by atoms with Crippen LogP contribution < -0.4 is 5.32 Å². The van der Waals surface area contributed by atoms with Gasteiger partial charge in [-0.3, -0.25) is 14.6 Å². The van der Waals surface area contributed by atoms with Crippen molar-refractivity contribution in [3.8, 4) is 0 Å². The quantitative estimate of drug-likeness (QED) is 0.617. The van der Waals surface area contributed by atoms with Crippen molar-refractivity contribution in [1.29, 1.82) is 0 Å². The topological polar surface area (TPSA) is 52.7 Å². The highest BCUT2D eigenvalue weighted by atomic mass is 16.2. The molecule has 2 saturated heterocycles. The molecule has 0 aromatic heterocycles. The lowest BCUT2D eigenvalue weighted by molar-refractivity contribution is -0.134. The fraction of sp³-hybridized carbons (Fsp3) is 0.545. The molecule has 5 heteroatoms. The summed E-state index contributed by atoms with van der Waals surface area (Å²) < 4.78 is 0. The number of piperidine rings is 1. The highest BCUT2D eigenvalue weighted by Crippen LogP contribution is 2.36. The first-order chi connectivity index (χ1) is 12.9. The summed E-state index contributed by atoms with van der Waals surface area (Å²) >= 11 is 0. The van der Waals surface area contributed by atoms with Gasteiger partial charge in [0.05, 0.1) is 6.54 Å². The molecule has 2 aliphatic heterocycles. The third-order valence-corrected chi connectivity index (χ3v) is 6.00. The molecular formula is C22H31N3O2. The number of nitrogens with one attached hydrogen (secondary N) is 1. The first-order valence-electron chi connectivity index (χ1n) is 9.92. The molecule has 27 heavy (non-hydrogen) atoms. The van der Waals surface area contributed by atoms with E-state index in [1.807, 2.05) is 13.8 Å². The second kappa shape index (κ2) is 7.85. The van der Waals surface area contributed by atoms with Crippen LogP contribution in [-0.2, 0) is 11.3 Å². The van der Waals surface area contributed by atoms with Crippen LogP contribution in [0.4, 0.5) is 4.79 Å². The van der Waals surface area contributed by atoms with E-state index in [0.29, 0.717) is 13.0 Å². The Morgan fingerprint density at radius 3 is 2.41 bits per heavy atom. The highest BCUT2D eigenvalue weighted by molar-refractivity contribution is 6.07. The molecule has 1 atom stereocenters. The molecule has 0 radical (unpaired) electrons. The van der Waals surface area contributed by atoms with Crippen molar-refractivity contribution in [2.45, 2.75) is 52.1 Å². The molecule has 1 N–H and O–H groups in total. The standard InChI is InChI=1S/C22H31N3O2/c1-5-22(20(26)25(14-16(2)3)21(27)23-22)19-10-12-24(13-11-19)15-18-8-6-17(4)7-9-18/h6-9,19H,2,5,10-15H2,1,3-4H3,(H,23,27)/t22-/m1/s1. The SMILES string of the molecule is C=C(C)CN1C(=O)N[C@](CC)(C2CCN(Cc3ccc(C)cc3)CC2)C1=O. The van der Waals surface area contributed by atoms with Crippen LogP contribution in [0, 0.1) is 12.8 Å². The van der Waals surface area contributed by atoms with E-state index in [1.165, 1.54) is 16.0 Å². The van der Waals surface area contributed by atoms with Gasteiger partial charge < -0.3 is 5.32 Å². The largest absolute Gasteiger partial charge is 0.325 e. The third kappa shape index (κ3) is 3.93. The number of imide groups is 1. The van der Waals surface area contributed by atoms with E-state index in [1.54, 1.807) is 0 Å². The number of aryl methyl sites for hydroxylation is 1. The highest BCUT2D eigenvalue weighted by Gasteiger charge is 2.54. The Labute approximate surface area is 162 Å². The summed E-state index contributed by atoms with van der Waals surface area (Å²) in [5.74, 6) is 0.110. The van der Waals surface area contributed by atoms with Gasteiger partial charge in [0, 0.05) is 6.54 Å². The molecular weight excluding hydrogens is 338 g/mol. The molecule has 0 bridgehead atoms. The molecule has 0 unspecified atom stereocenters. The van der Waals surface area contributed by atoms with E-state index in [2.05, 4.69) is 48.0 Å². The smallest absolute Gasteiger partial charge is 0.323 e. The Morgan fingerprint density at radius 2 is 1.85 bits per heavy atom.